The van der Waals surface area contributed by atoms with Gasteiger partial charge in [-0.05, 0) is 41.5 Å². The second-order valence-corrected chi connectivity index (χ2v) is 11.6. The lowest BCUT2D eigenvalue weighted by molar-refractivity contribution is -0.128. The van der Waals surface area contributed by atoms with E-state index in [1.807, 2.05) is 86.4 Å². The minimum absolute atomic E-state index is 0.114. The first-order valence-corrected chi connectivity index (χ1v) is 13.4. The van der Waals surface area contributed by atoms with Crippen molar-refractivity contribution in [3.05, 3.63) is 89.5 Å². The van der Waals surface area contributed by atoms with Gasteiger partial charge < -0.3 is 19.7 Å². The Hall–Kier alpha value is -4.39. The monoisotopic (exact) mass is 536 g/mol. The van der Waals surface area contributed by atoms with E-state index in [0.29, 0.717) is 22.7 Å². The quantitative estimate of drug-likeness (QED) is 0.446. The number of methoxy groups -OCH3 is 2. The summed E-state index contributed by atoms with van der Waals surface area (Å²) in [5, 5.41) is 3.05. The predicted octanol–water partition coefficient (Wildman–Crippen LogP) is 5.29. The molecule has 1 spiro atoms. The number of nitrogens with one attached hydrogen (secondary N) is 1. The van der Waals surface area contributed by atoms with E-state index in [9.17, 15) is 14.4 Å². The van der Waals surface area contributed by atoms with Gasteiger partial charge in [-0.2, -0.15) is 0 Å². The number of nitrogens with zero attached hydrogens (tertiary/aromatic N) is 1. The van der Waals surface area contributed by atoms with Gasteiger partial charge in [0.05, 0.1) is 31.7 Å². The lowest BCUT2D eigenvalue weighted by atomic mass is 9.63. The highest BCUT2D eigenvalue weighted by molar-refractivity contribution is 6.17. The van der Waals surface area contributed by atoms with Gasteiger partial charge in [-0.1, -0.05) is 69.3 Å². The Labute approximate surface area is 233 Å². The first-order chi connectivity index (χ1) is 19.1. The molecule has 0 radical (unpaired) electrons. The number of anilines is 2. The Morgan fingerprint density at radius 3 is 2.40 bits per heavy atom. The summed E-state index contributed by atoms with van der Waals surface area (Å²) in [5.41, 5.74) is 1.23. The standard InChI is InChI=1S/C33H32N2O5/c1-32(2,3)30(37)28-27(29(36)21-18-20(39-4)15-16-25(21)40-5)33(22-11-7-8-12-23(22)34-31(33)38)26-17-14-19-10-6-9-13-24(19)35(26)28/h6-18,26-28H,1-5H3,(H,34,38)/t26-,27+,28+,33-/m1/s1. The number of rotatable bonds is 5. The van der Waals surface area contributed by atoms with Gasteiger partial charge in [0.1, 0.15) is 23.0 Å². The molecule has 4 atom stereocenters. The molecule has 7 nitrogen and oxygen atoms in total. The van der Waals surface area contributed by atoms with Gasteiger partial charge in [0.25, 0.3) is 0 Å². The number of carbonyl (C=O) groups is 3. The van der Waals surface area contributed by atoms with Crippen LogP contribution in [0.15, 0.2) is 72.8 Å². The molecule has 3 aliphatic heterocycles. The van der Waals surface area contributed by atoms with Crippen LogP contribution in [0.25, 0.3) is 6.08 Å². The molecule has 7 heteroatoms. The number of ether oxygens (including phenoxy) is 2. The zero-order valence-electron chi connectivity index (χ0n) is 23.2. The first-order valence-electron chi connectivity index (χ1n) is 13.4. The Kier molecular flexibility index (Phi) is 5.87. The van der Waals surface area contributed by atoms with Crippen LogP contribution in [0.4, 0.5) is 11.4 Å². The van der Waals surface area contributed by atoms with Crippen LogP contribution in [0.1, 0.15) is 42.3 Å². The molecule has 1 N–H and O–H groups in total. The lowest BCUT2D eigenvalue weighted by Gasteiger charge is -2.38. The fourth-order valence-electron chi connectivity index (χ4n) is 6.74. The Balaban J connectivity index is 1.69. The van der Waals surface area contributed by atoms with Crippen LogP contribution in [0.5, 0.6) is 11.5 Å². The molecule has 3 aliphatic rings. The molecule has 0 aliphatic carbocycles. The minimum atomic E-state index is -1.36. The van der Waals surface area contributed by atoms with Crippen LogP contribution in [-0.2, 0) is 15.0 Å². The van der Waals surface area contributed by atoms with Crippen LogP contribution < -0.4 is 19.7 Å². The number of para-hydroxylation sites is 2. The van der Waals surface area contributed by atoms with Crippen molar-refractivity contribution < 1.29 is 23.9 Å². The summed E-state index contributed by atoms with van der Waals surface area (Å²) in [6, 6.07) is 18.8. The average molecular weight is 537 g/mol. The van der Waals surface area contributed by atoms with Crippen molar-refractivity contribution in [2.45, 2.75) is 38.3 Å². The topological polar surface area (TPSA) is 84.9 Å². The van der Waals surface area contributed by atoms with Crippen molar-refractivity contribution >= 4 is 34.9 Å². The second kappa shape index (κ2) is 9.08. The van der Waals surface area contributed by atoms with Gasteiger partial charge in [-0.15, -0.1) is 0 Å². The van der Waals surface area contributed by atoms with E-state index in [1.165, 1.54) is 14.2 Å². The molecular weight excluding hydrogens is 504 g/mol. The summed E-state index contributed by atoms with van der Waals surface area (Å²) in [6.45, 7) is 5.58. The van der Waals surface area contributed by atoms with Crippen molar-refractivity contribution in [1.82, 2.24) is 0 Å². The zero-order chi connectivity index (χ0) is 28.4. The molecule has 0 saturated carbocycles. The first kappa shape index (κ1) is 25.9. The highest BCUT2D eigenvalue weighted by atomic mass is 16.5. The number of ketones is 2. The summed E-state index contributed by atoms with van der Waals surface area (Å²) < 4.78 is 11.1. The van der Waals surface area contributed by atoms with Crippen LogP contribution >= 0.6 is 0 Å². The maximum Gasteiger partial charge on any atom is 0.238 e. The van der Waals surface area contributed by atoms with Gasteiger partial charge >= 0.3 is 0 Å². The number of amides is 1. The molecule has 3 aromatic carbocycles. The lowest BCUT2D eigenvalue weighted by Crippen LogP contribution is -2.51. The molecule has 0 bridgehead atoms. The molecule has 1 fully saturated rings. The van der Waals surface area contributed by atoms with Crippen molar-refractivity contribution in [2.75, 3.05) is 24.4 Å². The molecule has 1 amide bonds. The fraction of sp³-hybridized carbons (Fsp3) is 0.303. The van der Waals surface area contributed by atoms with Crippen LogP contribution in [-0.4, -0.2) is 43.8 Å². The Bertz CT molecular complexity index is 1590. The number of benzene rings is 3. The molecule has 1 saturated heterocycles. The van der Waals surface area contributed by atoms with E-state index in [0.717, 1.165) is 11.3 Å². The predicted molar refractivity (Wildman–Crippen MR) is 154 cm³/mol. The third-order valence-electron chi connectivity index (χ3n) is 8.50. The van der Waals surface area contributed by atoms with Gasteiger partial charge in [0.15, 0.2) is 11.6 Å². The molecule has 3 heterocycles. The second-order valence-electron chi connectivity index (χ2n) is 11.6. The smallest absolute Gasteiger partial charge is 0.238 e. The maximum absolute atomic E-state index is 15.0. The summed E-state index contributed by atoms with van der Waals surface area (Å²) in [4.78, 5) is 45.9. The number of fused-ring (bicyclic) bond motifs is 6. The molecule has 0 aromatic heterocycles. The van der Waals surface area contributed by atoms with Crippen molar-refractivity contribution in [3.63, 3.8) is 0 Å². The zero-order valence-corrected chi connectivity index (χ0v) is 23.2. The van der Waals surface area contributed by atoms with E-state index in [1.54, 1.807) is 18.2 Å². The van der Waals surface area contributed by atoms with E-state index in [4.69, 9.17) is 9.47 Å². The summed E-state index contributed by atoms with van der Waals surface area (Å²) >= 11 is 0. The highest BCUT2D eigenvalue weighted by Gasteiger charge is 2.71. The van der Waals surface area contributed by atoms with Gasteiger partial charge in [-0.3, -0.25) is 14.4 Å². The van der Waals surface area contributed by atoms with Crippen molar-refractivity contribution in [1.29, 1.82) is 0 Å². The summed E-state index contributed by atoms with van der Waals surface area (Å²) in [5.74, 6) is -0.964. The van der Waals surface area contributed by atoms with Crippen molar-refractivity contribution in [3.8, 4) is 11.5 Å². The van der Waals surface area contributed by atoms with Gasteiger partial charge in [0.2, 0.25) is 5.91 Å². The fourth-order valence-corrected chi connectivity index (χ4v) is 6.74. The minimum Gasteiger partial charge on any atom is -0.497 e. The van der Waals surface area contributed by atoms with E-state index < -0.39 is 28.8 Å². The van der Waals surface area contributed by atoms with E-state index in [2.05, 4.69) is 5.32 Å². The van der Waals surface area contributed by atoms with Crippen molar-refractivity contribution in [2.24, 2.45) is 11.3 Å². The molecule has 0 unspecified atom stereocenters. The SMILES string of the molecule is COc1ccc(OC)c(C(=O)[C@@H]2[C@@H](C(=O)C(C)(C)C)N3c4ccccc4C=C[C@@H]3[C@@]23C(=O)Nc2ccccc23)c1. The average Bonchev–Trinajstić information content (AvgIpc) is 3.43. The van der Waals surface area contributed by atoms with Gasteiger partial charge in [0, 0.05) is 16.8 Å². The molecule has 204 valence electrons. The van der Waals surface area contributed by atoms with E-state index >= 15 is 0 Å². The number of hydrogen-bond acceptors (Lipinski definition) is 6. The highest BCUT2D eigenvalue weighted by Crippen LogP contribution is 2.58. The normalized spacial score (nSPS) is 24.3. The van der Waals surface area contributed by atoms with Crippen LogP contribution in [0.3, 0.4) is 0 Å². The number of hydrogen-bond donors (Lipinski definition) is 1. The van der Waals surface area contributed by atoms with Gasteiger partial charge in [-0.25, -0.2) is 0 Å². The molecule has 3 aromatic rings. The molecular formula is C33H32N2O5. The summed E-state index contributed by atoms with van der Waals surface area (Å²) in [6.07, 6.45) is 3.97. The largest absolute Gasteiger partial charge is 0.497 e. The third kappa shape index (κ3) is 3.46. The third-order valence-corrected chi connectivity index (χ3v) is 8.50. The summed E-state index contributed by atoms with van der Waals surface area (Å²) in [7, 11) is 3.03. The van der Waals surface area contributed by atoms with E-state index in [-0.39, 0.29) is 23.0 Å². The number of Topliss-reactive ketones (excluding diaryl/α,β-unsaturated/α-hetero) is 2. The Morgan fingerprint density at radius 1 is 0.950 bits per heavy atom. The molecule has 6 rings (SSSR count). The molecule has 40 heavy (non-hydrogen) atoms. The Morgan fingerprint density at radius 2 is 1.68 bits per heavy atom. The van der Waals surface area contributed by atoms with Crippen LogP contribution in [0.2, 0.25) is 0 Å². The van der Waals surface area contributed by atoms with Crippen LogP contribution in [0, 0.1) is 11.3 Å². The maximum atomic E-state index is 15.0. The number of carbonyl (C=O) groups excluding carboxylic acids is 3.